The standard InChI is InChI=1S/C13H16FNO.C6H4ClN3O/c1-10-4-2-3-9-15(10)13(16)11-5-7-12(14)8-6-11;7-4-1-5(8-2-4)6-9-3-11-10-6/h5-8,10H,2-4,9H2,1H3;1-3,8H/t10-;/m1./s1. The summed E-state index contributed by atoms with van der Waals surface area (Å²) in [7, 11) is 0. The van der Waals surface area contributed by atoms with Crippen LogP contribution in [0.15, 0.2) is 47.4 Å². The topological polar surface area (TPSA) is 75.0 Å². The fourth-order valence-electron chi connectivity index (χ4n) is 2.94. The van der Waals surface area contributed by atoms with Crippen LogP contribution in [0.4, 0.5) is 4.39 Å². The highest BCUT2D eigenvalue weighted by Gasteiger charge is 2.23. The molecule has 6 nitrogen and oxygen atoms in total. The third-order valence-electron chi connectivity index (χ3n) is 4.40. The predicted octanol–water partition coefficient (Wildman–Crippen LogP) is 4.56. The molecular weight excluding hydrogens is 371 g/mol. The van der Waals surface area contributed by atoms with Gasteiger partial charge in [0, 0.05) is 24.3 Å². The maximum absolute atomic E-state index is 12.7. The van der Waals surface area contributed by atoms with E-state index in [0.717, 1.165) is 25.1 Å². The molecule has 3 aromatic rings. The Labute approximate surface area is 161 Å². The van der Waals surface area contributed by atoms with Gasteiger partial charge in [0.2, 0.25) is 12.2 Å². The Morgan fingerprint density at radius 2 is 2.11 bits per heavy atom. The molecule has 1 N–H and O–H groups in total. The maximum Gasteiger partial charge on any atom is 0.254 e. The maximum atomic E-state index is 12.7. The summed E-state index contributed by atoms with van der Waals surface area (Å²) in [6, 6.07) is 7.81. The molecule has 8 heteroatoms. The molecule has 0 bridgehead atoms. The monoisotopic (exact) mass is 390 g/mol. The van der Waals surface area contributed by atoms with Crippen molar-refractivity contribution < 1.29 is 13.7 Å². The fourth-order valence-corrected chi connectivity index (χ4v) is 3.11. The van der Waals surface area contributed by atoms with Crippen LogP contribution in [0.25, 0.3) is 11.5 Å². The van der Waals surface area contributed by atoms with Crippen molar-refractivity contribution in [2.45, 2.75) is 32.2 Å². The van der Waals surface area contributed by atoms with Gasteiger partial charge < -0.3 is 14.4 Å². The summed E-state index contributed by atoms with van der Waals surface area (Å²) in [5, 5.41) is 4.25. The van der Waals surface area contributed by atoms with Crippen LogP contribution in [0, 0.1) is 5.82 Å². The number of aromatic nitrogens is 3. The highest BCUT2D eigenvalue weighted by Crippen LogP contribution is 2.19. The van der Waals surface area contributed by atoms with Gasteiger partial charge in [-0.05, 0) is 56.5 Å². The first-order valence-electron chi connectivity index (χ1n) is 8.72. The Bertz CT molecular complexity index is 864. The number of carbonyl (C=O) groups is 1. The molecule has 0 aliphatic carbocycles. The van der Waals surface area contributed by atoms with E-state index in [2.05, 4.69) is 26.6 Å². The van der Waals surface area contributed by atoms with Gasteiger partial charge in [0.15, 0.2) is 0 Å². The summed E-state index contributed by atoms with van der Waals surface area (Å²) in [6.07, 6.45) is 6.25. The third kappa shape index (κ3) is 4.95. The van der Waals surface area contributed by atoms with Crippen LogP contribution in [0.2, 0.25) is 5.02 Å². The average molecular weight is 391 g/mol. The number of amides is 1. The molecule has 1 amide bonds. The first-order valence-corrected chi connectivity index (χ1v) is 9.09. The number of nitrogens with one attached hydrogen (secondary N) is 1. The zero-order valence-electron chi connectivity index (χ0n) is 14.9. The molecule has 4 rings (SSSR count). The zero-order chi connectivity index (χ0) is 19.2. The van der Waals surface area contributed by atoms with Crippen LogP contribution in [0.1, 0.15) is 36.5 Å². The van der Waals surface area contributed by atoms with Gasteiger partial charge in [-0.25, -0.2) is 4.39 Å². The van der Waals surface area contributed by atoms with Crippen molar-refractivity contribution >= 4 is 17.5 Å². The van der Waals surface area contributed by atoms with E-state index in [1.165, 1.54) is 24.9 Å². The number of hydrogen-bond acceptors (Lipinski definition) is 4. The quantitative estimate of drug-likeness (QED) is 0.696. The molecule has 0 unspecified atom stereocenters. The second-order valence-corrected chi connectivity index (χ2v) is 6.77. The zero-order valence-corrected chi connectivity index (χ0v) is 15.6. The lowest BCUT2D eigenvalue weighted by atomic mass is 10.0. The van der Waals surface area contributed by atoms with Gasteiger partial charge in [0.05, 0.1) is 10.7 Å². The van der Waals surface area contributed by atoms with E-state index in [-0.39, 0.29) is 11.7 Å². The molecule has 142 valence electrons. The van der Waals surface area contributed by atoms with Crippen LogP contribution < -0.4 is 0 Å². The summed E-state index contributed by atoms with van der Waals surface area (Å²) < 4.78 is 17.3. The molecule has 2 aromatic heterocycles. The van der Waals surface area contributed by atoms with Crippen molar-refractivity contribution in [3.8, 4) is 11.5 Å². The number of halogens is 2. The number of hydrogen-bond donors (Lipinski definition) is 1. The van der Waals surface area contributed by atoms with Gasteiger partial charge in [-0.1, -0.05) is 16.8 Å². The fraction of sp³-hybridized carbons (Fsp3) is 0.316. The highest BCUT2D eigenvalue weighted by atomic mass is 35.5. The largest absolute Gasteiger partial charge is 0.357 e. The highest BCUT2D eigenvalue weighted by molar-refractivity contribution is 6.30. The molecule has 0 spiro atoms. The van der Waals surface area contributed by atoms with E-state index in [1.807, 2.05) is 4.90 Å². The number of carbonyl (C=O) groups excluding carboxylic acids is 1. The van der Waals surface area contributed by atoms with E-state index in [4.69, 9.17) is 11.6 Å². The molecule has 27 heavy (non-hydrogen) atoms. The van der Waals surface area contributed by atoms with Gasteiger partial charge >= 0.3 is 0 Å². The Morgan fingerprint density at radius 1 is 1.33 bits per heavy atom. The van der Waals surface area contributed by atoms with Crippen LogP contribution in [0.5, 0.6) is 0 Å². The lowest BCUT2D eigenvalue weighted by Crippen LogP contribution is -2.42. The molecule has 1 atom stereocenters. The Hall–Kier alpha value is -2.67. The number of rotatable bonds is 2. The smallest absolute Gasteiger partial charge is 0.254 e. The summed E-state index contributed by atoms with van der Waals surface area (Å²) in [5.41, 5.74) is 1.33. The molecule has 0 radical (unpaired) electrons. The van der Waals surface area contributed by atoms with Crippen LogP contribution in [0.3, 0.4) is 0 Å². The van der Waals surface area contributed by atoms with Crippen molar-refractivity contribution in [3.63, 3.8) is 0 Å². The van der Waals surface area contributed by atoms with Gasteiger partial charge in [-0.3, -0.25) is 4.79 Å². The molecule has 1 fully saturated rings. The second-order valence-electron chi connectivity index (χ2n) is 6.34. The number of H-pyrrole nitrogens is 1. The van der Waals surface area contributed by atoms with Gasteiger partial charge in [0.1, 0.15) is 5.82 Å². The first kappa shape index (κ1) is 19.1. The molecule has 1 aromatic carbocycles. The third-order valence-corrected chi connectivity index (χ3v) is 4.62. The van der Waals surface area contributed by atoms with E-state index < -0.39 is 0 Å². The Morgan fingerprint density at radius 3 is 2.70 bits per heavy atom. The van der Waals surface area contributed by atoms with Gasteiger partial charge in [-0.15, -0.1) is 0 Å². The van der Waals surface area contributed by atoms with Crippen LogP contribution in [-0.4, -0.2) is 38.5 Å². The van der Waals surface area contributed by atoms with Crippen molar-refractivity contribution in [1.29, 1.82) is 0 Å². The SMILES string of the molecule is C[C@@H]1CCCCN1C(=O)c1ccc(F)cc1.Clc1c[nH]c(-c2ncon2)c1. The molecule has 0 saturated carbocycles. The van der Waals surface area contributed by atoms with Gasteiger partial charge in [-0.2, -0.15) is 4.98 Å². The molecular formula is C19H20ClFN4O2. The minimum absolute atomic E-state index is 0.0206. The lowest BCUT2D eigenvalue weighted by molar-refractivity contribution is 0.0635. The number of nitrogens with zero attached hydrogens (tertiary/aromatic N) is 3. The normalized spacial score (nSPS) is 16.6. The molecule has 1 aliphatic rings. The van der Waals surface area contributed by atoms with Gasteiger partial charge in [0.25, 0.3) is 5.91 Å². The number of benzene rings is 1. The number of aromatic amines is 1. The Balaban J connectivity index is 0.000000166. The summed E-state index contributed by atoms with van der Waals surface area (Å²) in [4.78, 5) is 20.7. The van der Waals surface area contributed by atoms with E-state index in [1.54, 1.807) is 24.4 Å². The summed E-state index contributed by atoms with van der Waals surface area (Å²) >= 11 is 5.66. The summed E-state index contributed by atoms with van der Waals surface area (Å²) in [5.74, 6) is 0.229. The Kier molecular flexibility index (Phi) is 6.24. The van der Waals surface area contributed by atoms with Crippen molar-refractivity contribution in [2.75, 3.05) is 6.54 Å². The van der Waals surface area contributed by atoms with E-state index in [9.17, 15) is 9.18 Å². The second kappa shape index (κ2) is 8.81. The minimum Gasteiger partial charge on any atom is -0.357 e. The molecule has 1 aliphatic heterocycles. The van der Waals surface area contributed by atoms with Crippen LogP contribution >= 0.6 is 11.6 Å². The number of piperidine rings is 1. The summed E-state index contributed by atoms with van der Waals surface area (Å²) in [6.45, 7) is 2.89. The first-order chi connectivity index (χ1) is 13.0. The van der Waals surface area contributed by atoms with E-state index >= 15 is 0 Å². The lowest BCUT2D eigenvalue weighted by Gasteiger charge is -2.33. The minimum atomic E-state index is -0.303. The molecule has 3 heterocycles. The molecule has 1 saturated heterocycles. The number of likely N-dealkylation sites (tertiary alicyclic amines) is 1. The predicted molar refractivity (Wildman–Crippen MR) is 99.8 cm³/mol. The van der Waals surface area contributed by atoms with Crippen molar-refractivity contribution in [2.24, 2.45) is 0 Å². The average Bonchev–Trinajstić information content (AvgIpc) is 3.34. The van der Waals surface area contributed by atoms with E-state index in [0.29, 0.717) is 22.5 Å². The van der Waals surface area contributed by atoms with Crippen LogP contribution in [-0.2, 0) is 0 Å². The van der Waals surface area contributed by atoms with Crippen molar-refractivity contribution in [1.82, 2.24) is 20.0 Å². The van der Waals surface area contributed by atoms with Crippen molar-refractivity contribution in [3.05, 3.63) is 59.3 Å².